The van der Waals surface area contributed by atoms with Gasteiger partial charge in [0, 0.05) is 35.5 Å². The first-order valence-corrected chi connectivity index (χ1v) is 8.11. The first-order chi connectivity index (χ1) is 12.9. The van der Waals surface area contributed by atoms with E-state index in [4.69, 9.17) is 5.73 Å². The second-order valence-corrected chi connectivity index (χ2v) is 5.84. The standard InChI is InChI=1S/C20H17FN4O2/c1-25-19(13-2-7-16(21)8-3-13)15(12-23-25)6-11-18(26)24-17-9-4-14(5-10-17)20(22)27/h2-12H,1H3,(H2,22,27)(H,24,26). The molecule has 0 aliphatic rings. The zero-order valence-corrected chi connectivity index (χ0v) is 14.5. The van der Waals surface area contributed by atoms with Crippen LogP contribution in [0.3, 0.4) is 0 Å². The van der Waals surface area contributed by atoms with E-state index in [1.54, 1.807) is 48.3 Å². The van der Waals surface area contributed by atoms with E-state index >= 15 is 0 Å². The molecule has 1 aromatic heterocycles. The zero-order chi connectivity index (χ0) is 19.4. The van der Waals surface area contributed by atoms with Crippen LogP contribution in [0.5, 0.6) is 0 Å². The van der Waals surface area contributed by atoms with E-state index < -0.39 is 5.91 Å². The number of nitrogens with zero attached hydrogens (tertiary/aromatic N) is 2. The average Bonchev–Trinajstić information content (AvgIpc) is 3.02. The molecule has 3 N–H and O–H groups in total. The Kier molecular flexibility index (Phi) is 5.12. The number of nitrogens with two attached hydrogens (primary N) is 1. The van der Waals surface area contributed by atoms with Crippen molar-refractivity contribution in [3.05, 3.63) is 77.7 Å². The molecule has 2 amide bonds. The minimum atomic E-state index is -0.530. The molecule has 6 nitrogen and oxygen atoms in total. The molecular weight excluding hydrogens is 347 g/mol. The largest absolute Gasteiger partial charge is 0.366 e. The second kappa shape index (κ2) is 7.65. The van der Waals surface area contributed by atoms with Crippen LogP contribution >= 0.6 is 0 Å². The molecule has 0 bridgehead atoms. The van der Waals surface area contributed by atoms with Crippen molar-refractivity contribution in [2.75, 3.05) is 5.32 Å². The summed E-state index contributed by atoms with van der Waals surface area (Å²) in [5.74, 6) is -1.19. The summed E-state index contributed by atoms with van der Waals surface area (Å²) in [4.78, 5) is 23.2. The van der Waals surface area contributed by atoms with Crippen LogP contribution in [0, 0.1) is 5.82 Å². The minimum absolute atomic E-state index is 0.320. The van der Waals surface area contributed by atoms with E-state index in [0.29, 0.717) is 11.3 Å². The summed E-state index contributed by atoms with van der Waals surface area (Å²) in [6.07, 6.45) is 4.65. The number of hydrogen-bond donors (Lipinski definition) is 2. The molecule has 0 saturated heterocycles. The van der Waals surface area contributed by atoms with Crippen LogP contribution < -0.4 is 11.1 Å². The molecule has 0 atom stereocenters. The van der Waals surface area contributed by atoms with Gasteiger partial charge in [0.05, 0.1) is 11.9 Å². The van der Waals surface area contributed by atoms with Gasteiger partial charge in [0.25, 0.3) is 0 Å². The van der Waals surface area contributed by atoms with Crippen LogP contribution in [-0.2, 0) is 11.8 Å². The number of halogens is 1. The van der Waals surface area contributed by atoms with Crippen molar-refractivity contribution in [1.29, 1.82) is 0 Å². The molecule has 0 fully saturated rings. The molecule has 2 aromatic carbocycles. The molecule has 3 rings (SSSR count). The van der Waals surface area contributed by atoms with Crippen LogP contribution in [0.1, 0.15) is 15.9 Å². The second-order valence-electron chi connectivity index (χ2n) is 5.84. The van der Waals surface area contributed by atoms with Crippen LogP contribution in [-0.4, -0.2) is 21.6 Å². The third-order valence-corrected chi connectivity index (χ3v) is 3.94. The van der Waals surface area contributed by atoms with E-state index in [1.165, 1.54) is 30.3 Å². The maximum atomic E-state index is 13.1. The fourth-order valence-corrected chi connectivity index (χ4v) is 2.60. The lowest BCUT2D eigenvalue weighted by Gasteiger charge is -2.05. The number of nitrogens with one attached hydrogen (secondary N) is 1. The van der Waals surface area contributed by atoms with Gasteiger partial charge in [0.2, 0.25) is 11.8 Å². The quantitative estimate of drug-likeness (QED) is 0.682. The highest BCUT2D eigenvalue weighted by atomic mass is 19.1. The van der Waals surface area contributed by atoms with Gasteiger partial charge < -0.3 is 11.1 Å². The summed E-state index contributed by atoms with van der Waals surface area (Å²) in [6.45, 7) is 0. The van der Waals surface area contributed by atoms with Gasteiger partial charge in [-0.2, -0.15) is 5.10 Å². The Hall–Kier alpha value is -3.74. The van der Waals surface area contributed by atoms with E-state index in [0.717, 1.165) is 16.8 Å². The lowest BCUT2D eigenvalue weighted by atomic mass is 10.1. The van der Waals surface area contributed by atoms with Gasteiger partial charge >= 0.3 is 0 Å². The Morgan fingerprint density at radius 3 is 2.41 bits per heavy atom. The molecule has 0 aliphatic carbocycles. The predicted octanol–water partition coefficient (Wildman–Crippen LogP) is 2.98. The third kappa shape index (κ3) is 4.27. The van der Waals surface area contributed by atoms with Gasteiger partial charge in [-0.25, -0.2) is 4.39 Å². The molecule has 0 spiro atoms. The zero-order valence-electron chi connectivity index (χ0n) is 14.5. The summed E-state index contributed by atoms with van der Waals surface area (Å²) in [6, 6.07) is 12.3. The number of aryl methyl sites for hydroxylation is 1. The average molecular weight is 364 g/mol. The fraction of sp³-hybridized carbons (Fsp3) is 0.0500. The number of carbonyl (C=O) groups excluding carboxylic acids is 2. The summed E-state index contributed by atoms with van der Waals surface area (Å²) >= 11 is 0. The van der Waals surface area contributed by atoms with Crippen molar-refractivity contribution < 1.29 is 14.0 Å². The lowest BCUT2D eigenvalue weighted by molar-refractivity contribution is -0.111. The predicted molar refractivity (Wildman–Crippen MR) is 101 cm³/mol. The van der Waals surface area contributed by atoms with Gasteiger partial charge in [-0.1, -0.05) is 0 Å². The van der Waals surface area contributed by atoms with Crippen LogP contribution in [0.15, 0.2) is 60.8 Å². The number of anilines is 1. The number of primary amides is 1. The molecule has 0 unspecified atom stereocenters. The highest BCUT2D eigenvalue weighted by Gasteiger charge is 2.09. The first-order valence-electron chi connectivity index (χ1n) is 8.11. The van der Waals surface area contributed by atoms with Gasteiger partial charge in [-0.15, -0.1) is 0 Å². The molecule has 27 heavy (non-hydrogen) atoms. The maximum Gasteiger partial charge on any atom is 0.248 e. The van der Waals surface area contributed by atoms with Crippen LogP contribution in [0.25, 0.3) is 17.3 Å². The van der Waals surface area contributed by atoms with Crippen molar-refractivity contribution in [2.45, 2.75) is 0 Å². The molecule has 3 aromatic rings. The first kappa shape index (κ1) is 18.1. The van der Waals surface area contributed by atoms with Gasteiger partial charge in [-0.05, 0) is 54.6 Å². The van der Waals surface area contributed by atoms with E-state index in [-0.39, 0.29) is 11.7 Å². The highest BCUT2D eigenvalue weighted by molar-refractivity contribution is 6.02. The minimum Gasteiger partial charge on any atom is -0.366 e. The Labute approximate surface area is 155 Å². The number of amides is 2. The van der Waals surface area contributed by atoms with E-state index in [2.05, 4.69) is 10.4 Å². The summed E-state index contributed by atoms with van der Waals surface area (Å²) in [5, 5.41) is 6.90. The molecule has 136 valence electrons. The smallest absolute Gasteiger partial charge is 0.248 e. The van der Waals surface area contributed by atoms with E-state index in [9.17, 15) is 14.0 Å². The van der Waals surface area contributed by atoms with Crippen molar-refractivity contribution in [1.82, 2.24) is 9.78 Å². The van der Waals surface area contributed by atoms with Crippen molar-refractivity contribution >= 4 is 23.6 Å². The number of hydrogen-bond acceptors (Lipinski definition) is 3. The molecule has 0 aliphatic heterocycles. The molecular formula is C20H17FN4O2. The summed E-state index contributed by atoms with van der Waals surface area (Å²) in [7, 11) is 1.77. The van der Waals surface area contributed by atoms with Gasteiger partial charge in [0.1, 0.15) is 5.82 Å². The molecule has 0 saturated carbocycles. The van der Waals surface area contributed by atoms with Gasteiger partial charge in [-0.3, -0.25) is 14.3 Å². The van der Waals surface area contributed by atoms with Crippen molar-refractivity contribution in [3.8, 4) is 11.3 Å². The van der Waals surface area contributed by atoms with Crippen molar-refractivity contribution in [3.63, 3.8) is 0 Å². The number of carbonyl (C=O) groups is 2. The van der Waals surface area contributed by atoms with Crippen LogP contribution in [0.2, 0.25) is 0 Å². The lowest BCUT2D eigenvalue weighted by Crippen LogP contribution is -2.11. The highest BCUT2D eigenvalue weighted by Crippen LogP contribution is 2.24. The normalized spacial score (nSPS) is 10.9. The monoisotopic (exact) mass is 364 g/mol. The number of aromatic nitrogens is 2. The molecule has 1 heterocycles. The Morgan fingerprint density at radius 1 is 1.11 bits per heavy atom. The van der Waals surface area contributed by atoms with Crippen LogP contribution in [0.4, 0.5) is 10.1 Å². The molecule has 7 heteroatoms. The summed E-state index contributed by atoms with van der Waals surface area (Å²) in [5.41, 5.74) is 8.37. The molecule has 0 radical (unpaired) electrons. The number of rotatable bonds is 5. The SMILES string of the molecule is Cn1ncc(C=CC(=O)Nc2ccc(C(N)=O)cc2)c1-c1ccc(F)cc1. The van der Waals surface area contributed by atoms with Crippen molar-refractivity contribution in [2.24, 2.45) is 12.8 Å². The van der Waals surface area contributed by atoms with Gasteiger partial charge in [0.15, 0.2) is 0 Å². The maximum absolute atomic E-state index is 13.1. The fourth-order valence-electron chi connectivity index (χ4n) is 2.60. The van der Waals surface area contributed by atoms with E-state index in [1.807, 2.05) is 0 Å². The Balaban J connectivity index is 1.75. The third-order valence-electron chi connectivity index (χ3n) is 3.94. The number of benzene rings is 2. The Bertz CT molecular complexity index is 1010. The summed E-state index contributed by atoms with van der Waals surface area (Å²) < 4.78 is 14.8. The topological polar surface area (TPSA) is 90.0 Å². The Morgan fingerprint density at radius 2 is 1.78 bits per heavy atom.